The number of pyridine rings is 1. The van der Waals surface area contributed by atoms with Crippen LogP contribution in [0.4, 0.5) is 13.2 Å². The molecule has 0 unspecified atom stereocenters. The Labute approximate surface area is 183 Å². The van der Waals surface area contributed by atoms with E-state index in [-0.39, 0.29) is 34.7 Å². The zero-order valence-electron chi connectivity index (χ0n) is 17.9. The summed E-state index contributed by atoms with van der Waals surface area (Å²) < 4.78 is 43.9. The summed E-state index contributed by atoms with van der Waals surface area (Å²) in [6.07, 6.45) is 3.22. The third kappa shape index (κ3) is 5.37. The molecule has 0 saturated heterocycles. The maximum atomic E-state index is 12.9. The van der Waals surface area contributed by atoms with Crippen LogP contribution in [-0.4, -0.2) is 40.5 Å². The van der Waals surface area contributed by atoms with Crippen LogP contribution in [0.25, 0.3) is 0 Å². The summed E-state index contributed by atoms with van der Waals surface area (Å²) in [5.74, 6) is -0.396. The summed E-state index contributed by atoms with van der Waals surface area (Å²) in [5, 5.41) is 23.9. The molecule has 1 amide bonds. The van der Waals surface area contributed by atoms with Crippen molar-refractivity contribution < 1.29 is 27.8 Å². The highest BCUT2D eigenvalue weighted by Gasteiger charge is 2.38. The van der Waals surface area contributed by atoms with Gasteiger partial charge in [0, 0.05) is 36.3 Å². The van der Waals surface area contributed by atoms with Gasteiger partial charge in [-0.1, -0.05) is 0 Å². The monoisotopic (exact) mass is 450 g/mol. The van der Waals surface area contributed by atoms with E-state index in [1.54, 1.807) is 20.0 Å². The first-order valence-corrected chi connectivity index (χ1v) is 9.97. The number of halogens is 3. The molecule has 0 bridgehead atoms. The minimum absolute atomic E-state index is 0.145. The number of alkyl halides is 3. The molecule has 0 aliphatic heterocycles. The van der Waals surface area contributed by atoms with Gasteiger partial charge < -0.3 is 25.9 Å². The van der Waals surface area contributed by atoms with Crippen LogP contribution >= 0.6 is 0 Å². The number of amides is 1. The van der Waals surface area contributed by atoms with Gasteiger partial charge in [0.1, 0.15) is 5.76 Å². The van der Waals surface area contributed by atoms with Crippen LogP contribution in [-0.2, 0) is 10.9 Å². The van der Waals surface area contributed by atoms with Crippen LogP contribution < -0.4 is 10.6 Å². The van der Waals surface area contributed by atoms with Crippen molar-refractivity contribution in [2.45, 2.75) is 44.5 Å². The number of nitrogens with zero attached hydrogens (tertiary/aromatic N) is 1. The van der Waals surface area contributed by atoms with E-state index in [1.165, 1.54) is 19.3 Å². The minimum Gasteiger partial charge on any atom is -0.494 e. The maximum Gasteiger partial charge on any atom is 0.417 e. The average Bonchev–Trinajstić information content (AvgIpc) is 2.67. The average molecular weight is 450 g/mol. The number of rotatable bonds is 6. The van der Waals surface area contributed by atoms with Gasteiger partial charge in [-0.05, 0) is 44.7 Å². The number of methoxy groups -OCH3 is 1. The molecule has 32 heavy (non-hydrogen) atoms. The first-order chi connectivity index (χ1) is 14.9. The van der Waals surface area contributed by atoms with Crippen molar-refractivity contribution >= 4 is 11.6 Å². The molecule has 7 nitrogen and oxygen atoms in total. The smallest absolute Gasteiger partial charge is 0.417 e. The van der Waals surface area contributed by atoms with E-state index < -0.39 is 23.2 Å². The highest BCUT2D eigenvalue weighted by Crippen LogP contribution is 2.36. The number of allylic oxidation sites excluding steroid dienone is 3. The van der Waals surface area contributed by atoms with E-state index in [0.29, 0.717) is 11.8 Å². The van der Waals surface area contributed by atoms with Crippen molar-refractivity contribution in [3.63, 3.8) is 0 Å². The molecule has 0 atom stereocenters. The molecule has 1 heterocycles. The zero-order chi connectivity index (χ0) is 23.7. The highest BCUT2D eigenvalue weighted by atomic mass is 19.4. The Kier molecular flexibility index (Phi) is 6.45. The predicted molar refractivity (Wildman–Crippen MR) is 112 cm³/mol. The van der Waals surface area contributed by atoms with E-state index in [2.05, 4.69) is 15.6 Å². The molecule has 1 aromatic heterocycles. The molecule has 10 heteroatoms. The van der Waals surface area contributed by atoms with Gasteiger partial charge >= 0.3 is 6.18 Å². The summed E-state index contributed by atoms with van der Waals surface area (Å²) in [5.41, 5.74) is -1.20. The van der Waals surface area contributed by atoms with E-state index in [1.807, 2.05) is 0 Å². The summed E-state index contributed by atoms with van der Waals surface area (Å²) in [4.78, 5) is 16.0. The fourth-order valence-electron chi connectivity index (χ4n) is 3.43. The molecule has 4 N–H and O–H groups in total. The van der Waals surface area contributed by atoms with Gasteiger partial charge in [-0.2, -0.15) is 13.2 Å². The lowest BCUT2D eigenvalue weighted by Gasteiger charge is -2.42. The van der Waals surface area contributed by atoms with Crippen LogP contribution in [0.15, 0.2) is 53.8 Å². The molecule has 1 fully saturated rings. The molecule has 0 radical (unpaired) electrons. The lowest BCUT2D eigenvalue weighted by molar-refractivity contribution is -0.137. The fraction of sp³-hybridized carbons (Fsp3) is 0.409. The summed E-state index contributed by atoms with van der Waals surface area (Å²) in [7, 11) is 1.36. The van der Waals surface area contributed by atoms with E-state index in [0.717, 1.165) is 25.1 Å². The molecule has 3 rings (SSSR count). The van der Waals surface area contributed by atoms with Crippen LogP contribution in [0.1, 0.15) is 42.6 Å². The molecule has 1 saturated carbocycles. The predicted octanol–water partition coefficient (Wildman–Crippen LogP) is 3.30. The molecule has 2 aliphatic carbocycles. The molecular weight excluding hydrogens is 425 g/mol. The van der Waals surface area contributed by atoms with Gasteiger partial charge in [0.25, 0.3) is 5.91 Å². The van der Waals surface area contributed by atoms with Crippen molar-refractivity contribution in [2.75, 3.05) is 7.11 Å². The zero-order valence-corrected chi connectivity index (χ0v) is 17.9. The lowest BCUT2D eigenvalue weighted by atomic mass is 9.71. The normalized spacial score (nSPS) is 22.6. The lowest BCUT2D eigenvalue weighted by Crippen LogP contribution is -2.48. The second-order valence-electron chi connectivity index (χ2n) is 8.38. The largest absolute Gasteiger partial charge is 0.494 e. The minimum atomic E-state index is -4.62. The van der Waals surface area contributed by atoms with Gasteiger partial charge in [-0.25, -0.2) is 0 Å². The van der Waals surface area contributed by atoms with Crippen LogP contribution in [0.3, 0.4) is 0 Å². The van der Waals surface area contributed by atoms with E-state index in [4.69, 9.17) is 10.1 Å². The second-order valence-corrected chi connectivity index (χ2v) is 8.38. The second kappa shape index (κ2) is 8.78. The SMILES string of the molecule is COC1=CC(=N)/C(=C\NC2CC(C(C)(C)O)C2)C=C1NC(=O)c1cncc(C(F)(F)F)c1. The molecular formula is C22H25F3N4O3. The fourth-order valence-corrected chi connectivity index (χ4v) is 3.43. The molecule has 2 aliphatic rings. The number of carbonyl (C=O) groups excluding carboxylic acids is 1. The Balaban J connectivity index is 1.73. The van der Waals surface area contributed by atoms with Crippen molar-refractivity contribution in [3.8, 4) is 0 Å². The first-order valence-electron chi connectivity index (χ1n) is 9.97. The summed E-state index contributed by atoms with van der Waals surface area (Å²) >= 11 is 0. The number of nitrogens with one attached hydrogen (secondary N) is 3. The number of ether oxygens (including phenoxy) is 1. The Hall–Kier alpha value is -3.14. The van der Waals surface area contributed by atoms with E-state index in [9.17, 15) is 23.1 Å². The third-order valence-electron chi connectivity index (χ3n) is 5.56. The number of aliphatic hydroxyl groups is 1. The highest BCUT2D eigenvalue weighted by molar-refractivity contribution is 6.10. The number of carbonyl (C=O) groups is 1. The van der Waals surface area contributed by atoms with Gasteiger partial charge in [-0.3, -0.25) is 9.78 Å². The molecule has 0 spiro atoms. The van der Waals surface area contributed by atoms with Gasteiger partial charge in [0.2, 0.25) is 0 Å². The maximum absolute atomic E-state index is 12.9. The van der Waals surface area contributed by atoms with Crippen molar-refractivity contribution in [1.29, 1.82) is 5.41 Å². The Bertz CT molecular complexity index is 1000. The quantitative estimate of drug-likeness (QED) is 0.532. The van der Waals surface area contributed by atoms with Gasteiger partial charge in [0.15, 0.2) is 0 Å². The topological polar surface area (TPSA) is 107 Å². The Morgan fingerprint density at radius 3 is 2.56 bits per heavy atom. The standard InChI is InChI=1S/C22H25F3N4O3/c1-21(2,31)14-6-16(7-14)28-10-12-5-18(19(32-3)8-17(12)26)29-20(30)13-4-15(11-27-9-13)22(23,24)25/h4-5,8-11,14,16,26,28,31H,6-7H2,1-3H3,(H,29,30)/b12-10-,26-17?. The number of hydrogen-bond acceptors (Lipinski definition) is 6. The van der Waals surface area contributed by atoms with Crippen LogP contribution in [0.2, 0.25) is 0 Å². The molecule has 1 aromatic rings. The number of hydrogen-bond donors (Lipinski definition) is 4. The molecule has 172 valence electrons. The van der Waals surface area contributed by atoms with Gasteiger partial charge in [0.05, 0.1) is 35.2 Å². The summed E-state index contributed by atoms with van der Waals surface area (Å²) in [6, 6.07) is 0.875. The molecule has 0 aromatic carbocycles. The van der Waals surface area contributed by atoms with Crippen LogP contribution in [0.5, 0.6) is 0 Å². The van der Waals surface area contributed by atoms with E-state index >= 15 is 0 Å². The Morgan fingerprint density at radius 2 is 1.97 bits per heavy atom. The Morgan fingerprint density at radius 1 is 1.28 bits per heavy atom. The number of aromatic nitrogens is 1. The van der Waals surface area contributed by atoms with Crippen molar-refractivity contribution in [1.82, 2.24) is 15.6 Å². The first kappa shape index (κ1) is 23.5. The summed E-state index contributed by atoms with van der Waals surface area (Å²) in [6.45, 7) is 3.55. The van der Waals surface area contributed by atoms with Crippen molar-refractivity contribution in [3.05, 3.63) is 65.0 Å². The van der Waals surface area contributed by atoms with Crippen LogP contribution in [0, 0.1) is 11.3 Å². The third-order valence-corrected chi connectivity index (χ3v) is 5.56. The van der Waals surface area contributed by atoms with Crippen molar-refractivity contribution in [2.24, 2.45) is 5.92 Å². The van der Waals surface area contributed by atoms with Gasteiger partial charge in [-0.15, -0.1) is 0 Å².